The summed E-state index contributed by atoms with van der Waals surface area (Å²) in [4.78, 5) is 9.82. The standard InChI is InChI=1S/C6H12O4/c1-4(8)6(10)2-5(9)3-7/h3-6,8-10H,2H2,1H3/t4?,5-,6-/m0/s1. The van der Waals surface area contributed by atoms with Crippen molar-refractivity contribution in [2.45, 2.75) is 31.7 Å². The Hall–Kier alpha value is -0.450. The molecule has 0 spiro atoms. The first-order valence-electron chi connectivity index (χ1n) is 3.07. The quantitative estimate of drug-likeness (QED) is 0.432. The van der Waals surface area contributed by atoms with Gasteiger partial charge in [0.25, 0.3) is 0 Å². The average molecular weight is 148 g/mol. The van der Waals surface area contributed by atoms with Gasteiger partial charge < -0.3 is 20.1 Å². The van der Waals surface area contributed by atoms with Gasteiger partial charge in [-0.25, -0.2) is 0 Å². The van der Waals surface area contributed by atoms with Crippen LogP contribution < -0.4 is 0 Å². The summed E-state index contributed by atoms with van der Waals surface area (Å²) in [5.41, 5.74) is 0. The first kappa shape index (κ1) is 9.55. The van der Waals surface area contributed by atoms with Gasteiger partial charge in [0.05, 0.1) is 12.2 Å². The number of aliphatic hydroxyl groups is 3. The molecule has 0 fully saturated rings. The molecule has 0 bridgehead atoms. The van der Waals surface area contributed by atoms with Gasteiger partial charge in [0.1, 0.15) is 12.4 Å². The third kappa shape index (κ3) is 3.55. The van der Waals surface area contributed by atoms with E-state index in [1.54, 1.807) is 0 Å². The zero-order chi connectivity index (χ0) is 8.15. The van der Waals surface area contributed by atoms with Crippen LogP contribution in [0.15, 0.2) is 0 Å². The fraction of sp³-hybridized carbons (Fsp3) is 0.833. The van der Waals surface area contributed by atoms with Gasteiger partial charge >= 0.3 is 0 Å². The highest BCUT2D eigenvalue weighted by atomic mass is 16.3. The van der Waals surface area contributed by atoms with Crippen LogP contribution >= 0.6 is 0 Å². The molecule has 60 valence electrons. The van der Waals surface area contributed by atoms with Crippen LogP contribution in [0, 0.1) is 0 Å². The maximum Gasteiger partial charge on any atom is 0.148 e. The SMILES string of the molecule is CC(O)[C@@H](O)C[C@H](O)C=O. The van der Waals surface area contributed by atoms with E-state index in [-0.39, 0.29) is 6.42 Å². The molecule has 0 aliphatic carbocycles. The molecule has 0 radical (unpaired) electrons. The Bertz CT molecular complexity index is 102. The lowest BCUT2D eigenvalue weighted by Crippen LogP contribution is -2.28. The first-order valence-corrected chi connectivity index (χ1v) is 3.07. The summed E-state index contributed by atoms with van der Waals surface area (Å²) in [5.74, 6) is 0. The lowest BCUT2D eigenvalue weighted by Gasteiger charge is -2.13. The van der Waals surface area contributed by atoms with E-state index in [9.17, 15) is 4.79 Å². The predicted molar refractivity (Wildman–Crippen MR) is 34.4 cm³/mol. The summed E-state index contributed by atoms with van der Waals surface area (Å²) in [7, 11) is 0. The van der Waals surface area contributed by atoms with Gasteiger partial charge in [0, 0.05) is 6.42 Å². The highest BCUT2D eigenvalue weighted by Crippen LogP contribution is 2.00. The monoisotopic (exact) mass is 148 g/mol. The second-order valence-electron chi connectivity index (χ2n) is 2.25. The number of hydrogen-bond donors (Lipinski definition) is 3. The maximum absolute atomic E-state index is 9.82. The summed E-state index contributed by atoms with van der Waals surface area (Å²) in [6, 6.07) is 0. The minimum absolute atomic E-state index is 0.110. The predicted octanol–water partition coefficient (Wildman–Crippen LogP) is -1.32. The van der Waals surface area contributed by atoms with Gasteiger partial charge in [-0.2, -0.15) is 0 Å². The van der Waals surface area contributed by atoms with Crippen molar-refractivity contribution < 1.29 is 20.1 Å². The Morgan fingerprint density at radius 1 is 1.40 bits per heavy atom. The third-order valence-corrected chi connectivity index (χ3v) is 1.20. The van der Waals surface area contributed by atoms with Crippen molar-refractivity contribution >= 4 is 6.29 Å². The molecule has 0 rings (SSSR count). The maximum atomic E-state index is 9.82. The topological polar surface area (TPSA) is 77.8 Å². The molecule has 0 amide bonds. The molecular formula is C6H12O4. The van der Waals surface area contributed by atoms with Crippen molar-refractivity contribution in [1.82, 2.24) is 0 Å². The number of aldehydes is 1. The smallest absolute Gasteiger partial charge is 0.148 e. The van der Waals surface area contributed by atoms with E-state index in [0.29, 0.717) is 6.29 Å². The second kappa shape index (κ2) is 4.38. The number of aliphatic hydroxyl groups excluding tert-OH is 3. The molecule has 0 saturated heterocycles. The van der Waals surface area contributed by atoms with Gasteiger partial charge in [-0.05, 0) is 6.92 Å². The third-order valence-electron chi connectivity index (χ3n) is 1.20. The molecule has 4 heteroatoms. The molecular weight excluding hydrogens is 136 g/mol. The van der Waals surface area contributed by atoms with E-state index < -0.39 is 18.3 Å². The van der Waals surface area contributed by atoms with Crippen LogP contribution in [0.25, 0.3) is 0 Å². The van der Waals surface area contributed by atoms with Crippen molar-refractivity contribution in [2.75, 3.05) is 0 Å². The van der Waals surface area contributed by atoms with Gasteiger partial charge in [-0.3, -0.25) is 0 Å². The van der Waals surface area contributed by atoms with Gasteiger partial charge in [-0.1, -0.05) is 0 Å². The second-order valence-corrected chi connectivity index (χ2v) is 2.25. The minimum Gasteiger partial charge on any atom is -0.391 e. The Morgan fingerprint density at radius 2 is 1.90 bits per heavy atom. The summed E-state index contributed by atoms with van der Waals surface area (Å²) in [5, 5.41) is 26.2. The molecule has 3 atom stereocenters. The van der Waals surface area contributed by atoms with E-state index >= 15 is 0 Å². The average Bonchev–Trinajstić information content (AvgIpc) is 1.87. The Labute approximate surface area is 59.1 Å². The molecule has 10 heavy (non-hydrogen) atoms. The van der Waals surface area contributed by atoms with Crippen LogP contribution in [0.3, 0.4) is 0 Å². The molecule has 0 aromatic heterocycles. The fourth-order valence-corrected chi connectivity index (χ4v) is 0.500. The highest BCUT2D eigenvalue weighted by molar-refractivity contribution is 5.55. The Morgan fingerprint density at radius 3 is 2.20 bits per heavy atom. The van der Waals surface area contributed by atoms with Crippen molar-refractivity contribution in [3.8, 4) is 0 Å². The van der Waals surface area contributed by atoms with Crippen LogP contribution in [-0.2, 0) is 4.79 Å². The largest absolute Gasteiger partial charge is 0.391 e. The molecule has 0 aliphatic rings. The molecule has 0 aromatic carbocycles. The van der Waals surface area contributed by atoms with E-state index in [0.717, 1.165) is 0 Å². The first-order chi connectivity index (χ1) is 4.57. The fourth-order valence-electron chi connectivity index (χ4n) is 0.500. The number of carbonyl (C=O) groups excluding carboxylic acids is 1. The van der Waals surface area contributed by atoms with Crippen LogP contribution in [0.2, 0.25) is 0 Å². The number of carbonyl (C=O) groups is 1. The van der Waals surface area contributed by atoms with E-state index in [1.165, 1.54) is 6.92 Å². The molecule has 0 aromatic rings. The van der Waals surface area contributed by atoms with E-state index in [2.05, 4.69) is 0 Å². The molecule has 0 saturated carbocycles. The van der Waals surface area contributed by atoms with Gasteiger partial charge in [-0.15, -0.1) is 0 Å². The lowest BCUT2D eigenvalue weighted by atomic mass is 10.1. The zero-order valence-electron chi connectivity index (χ0n) is 5.77. The summed E-state index contributed by atoms with van der Waals surface area (Å²) >= 11 is 0. The summed E-state index contributed by atoms with van der Waals surface area (Å²) in [6.07, 6.45) is -2.90. The molecule has 0 heterocycles. The van der Waals surface area contributed by atoms with Crippen molar-refractivity contribution in [3.63, 3.8) is 0 Å². The Balaban J connectivity index is 3.56. The van der Waals surface area contributed by atoms with Crippen LogP contribution in [0.1, 0.15) is 13.3 Å². The molecule has 3 N–H and O–H groups in total. The van der Waals surface area contributed by atoms with Crippen molar-refractivity contribution in [2.24, 2.45) is 0 Å². The molecule has 4 nitrogen and oxygen atoms in total. The summed E-state index contributed by atoms with van der Waals surface area (Å²) < 4.78 is 0. The summed E-state index contributed by atoms with van der Waals surface area (Å²) in [6.45, 7) is 1.39. The van der Waals surface area contributed by atoms with Crippen LogP contribution in [-0.4, -0.2) is 39.9 Å². The highest BCUT2D eigenvalue weighted by Gasteiger charge is 2.14. The van der Waals surface area contributed by atoms with Crippen molar-refractivity contribution in [3.05, 3.63) is 0 Å². The minimum atomic E-state index is -1.18. The number of rotatable bonds is 4. The van der Waals surface area contributed by atoms with Gasteiger partial charge in [0.2, 0.25) is 0 Å². The lowest BCUT2D eigenvalue weighted by molar-refractivity contribution is -0.117. The van der Waals surface area contributed by atoms with Crippen molar-refractivity contribution in [1.29, 1.82) is 0 Å². The Kier molecular flexibility index (Phi) is 4.18. The molecule has 0 aliphatic heterocycles. The van der Waals surface area contributed by atoms with E-state index in [1.807, 2.05) is 0 Å². The van der Waals surface area contributed by atoms with Crippen LogP contribution in [0.4, 0.5) is 0 Å². The normalized spacial score (nSPS) is 19.6. The van der Waals surface area contributed by atoms with E-state index in [4.69, 9.17) is 15.3 Å². The molecule has 1 unspecified atom stereocenters. The zero-order valence-corrected chi connectivity index (χ0v) is 5.77. The number of hydrogen-bond acceptors (Lipinski definition) is 4. The van der Waals surface area contributed by atoms with Crippen LogP contribution in [0.5, 0.6) is 0 Å². The van der Waals surface area contributed by atoms with Gasteiger partial charge in [0.15, 0.2) is 0 Å².